The predicted octanol–water partition coefficient (Wildman–Crippen LogP) is 4.36. The molecule has 0 aromatic heterocycles. The third-order valence-corrected chi connectivity index (χ3v) is 4.27. The number of benzene rings is 2. The molecule has 1 saturated heterocycles. The largest absolute Gasteiger partial charge is 0.492 e. The summed E-state index contributed by atoms with van der Waals surface area (Å²) >= 11 is 6.22. The number of hydrogen-bond acceptors (Lipinski definition) is 2. The van der Waals surface area contributed by atoms with Gasteiger partial charge in [-0.3, -0.25) is 4.90 Å². The van der Waals surface area contributed by atoms with E-state index in [1.54, 1.807) is 0 Å². The maximum atomic E-state index is 6.22. The van der Waals surface area contributed by atoms with Gasteiger partial charge in [0.05, 0.1) is 0 Å². The van der Waals surface area contributed by atoms with Gasteiger partial charge in [-0.2, -0.15) is 0 Å². The standard InChI is InChI=1S/C17H20ClNO/c18-16-8-9-17(15-7-3-2-6-14(15)16)20-13-12-19-10-4-1-5-11-19/h2-3,6-9H,1,4-5,10-13H2. The number of hydrogen-bond donors (Lipinski definition) is 0. The first kappa shape index (κ1) is 13.7. The van der Waals surface area contributed by atoms with Gasteiger partial charge < -0.3 is 4.74 Å². The van der Waals surface area contributed by atoms with E-state index in [2.05, 4.69) is 11.0 Å². The average Bonchev–Trinajstić information content (AvgIpc) is 2.51. The zero-order valence-corrected chi connectivity index (χ0v) is 12.4. The van der Waals surface area contributed by atoms with Crippen LogP contribution in [0.2, 0.25) is 5.02 Å². The number of fused-ring (bicyclic) bond motifs is 1. The summed E-state index contributed by atoms with van der Waals surface area (Å²) in [7, 11) is 0. The summed E-state index contributed by atoms with van der Waals surface area (Å²) in [5.41, 5.74) is 0. The Kier molecular flexibility index (Phi) is 4.44. The van der Waals surface area contributed by atoms with Gasteiger partial charge in [-0.05, 0) is 38.1 Å². The Morgan fingerprint density at radius 1 is 0.950 bits per heavy atom. The molecule has 2 nitrogen and oxygen atoms in total. The third kappa shape index (κ3) is 3.08. The Morgan fingerprint density at radius 2 is 1.70 bits per heavy atom. The van der Waals surface area contributed by atoms with Crippen molar-refractivity contribution in [3.63, 3.8) is 0 Å². The molecule has 0 atom stereocenters. The second kappa shape index (κ2) is 6.47. The molecule has 0 saturated carbocycles. The van der Waals surface area contributed by atoms with Gasteiger partial charge in [-0.1, -0.05) is 42.3 Å². The van der Waals surface area contributed by atoms with E-state index in [0.29, 0.717) is 0 Å². The van der Waals surface area contributed by atoms with Crippen molar-refractivity contribution in [1.82, 2.24) is 4.90 Å². The summed E-state index contributed by atoms with van der Waals surface area (Å²) in [6, 6.07) is 12.0. The fraction of sp³-hybridized carbons (Fsp3) is 0.412. The molecule has 3 heteroatoms. The van der Waals surface area contributed by atoms with E-state index in [4.69, 9.17) is 16.3 Å². The summed E-state index contributed by atoms with van der Waals surface area (Å²) in [6.07, 6.45) is 4.02. The summed E-state index contributed by atoms with van der Waals surface area (Å²) in [5, 5.41) is 2.94. The van der Waals surface area contributed by atoms with E-state index in [0.717, 1.165) is 34.7 Å². The Hall–Kier alpha value is -1.25. The zero-order chi connectivity index (χ0) is 13.8. The minimum atomic E-state index is 0.742. The molecular weight excluding hydrogens is 270 g/mol. The number of piperidine rings is 1. The normalized spacial score (nSPS) is 16.4. The van der Waals surface area contributed by atoms with Crippen molar-refractivity contribution >= 4 is 22.4 Å². The van der Waals surface area contributed by atoms with Crippen LogP contribution in [0.5, 0.6) is 5.75 Å². The molecule has 0 unspecified atom stereocenters. The molecule has 0 radical (unpaired) electrons. The van der Waals surface area contributed by atoms with Crippen LogP contribution in [0.3, 0.4) is 0 Å². The van der Waals surface area contributed by atoms with Crippen molar-refractivity contribution in [2.45, 2.75) is 19.3 Å². The van der Waals surface area contributed by atoms with Gasteiger partial charge in [0.1, 0.15) is 12.4 Å². The van der Waals surface area contributed by atoms with Gasteiger partial charge in [-0.25, -0.2) is 0 Å². The summed E-state index contributed by atoms with van der Waals surface area (Å²) in [4.78, 5) is 2.49. The van der Waals surface area contributed by atoms with Gasteiger partial charge >= 0.3 is 0 Å². The highest BCUT2D eigenvalue weighted by Gasteiger charge is 2.10. The lowest BCUT2D eigenvalue weighted by Crippen LogP contribution is -2.33. The highest BCUT2D eigenvalue weighted by atomic mass is 35.5. The van der Waals surface area contributed by atoms with Crippen molar-refractivity contribution < 1.29 is 4.74 Å². The van der Waals surface area contributed by atoms with Crippen LogP contribution in [0.15, 0.2) is 36.4 Å². The lowest BCUT2D eigenvalue weighted by Gasteiger charge is -2.26. The molecule has 106 valence electrons. The van der Waals surface area contributed by atoms with E-state index < -0.39 is 0 Å². The van der Waals surface area contributed by atoms with Gasteiger partial charge in [0, 0.05) is 22.3 Å². The quantitative estimate of drug-likeness (QED) is 0.829. The smallest absolute Gasteiger partial charge is 0.127 e. The molecule has 0 aliphatic carbocycles. The molecule has 1 heterocycles. The van der Waals surface area contributed by atoms with Crippen molar-refractivity contribution in [3.8, 4) is 5.75 Å². The first-order chi connectivity index (χ1) is 9.84. The minimum Gasteiger partial charge on any atom is -0.492 e. The summed E-state index contributed by atoms with van der Waals surface area (Å²) in [5.74, 6) is 0.932. The summed E-state index contributed by atoms with van der Waals surface area (Å²) < 4.78 is 5.98. The Bertz CT molecular complexity index is 578. The number of halogens is 1. The van der Waals surface area contributed by atoms with Crippen LogP contribution in [0.25, 0.3) is 10.8 Å². The van der Waals surface area contributed by atoms with Crippen LogP contribution in [-0.2, 0) is 0 Å². The maximum Gasteiger partial charge on any atom is 0.127 e. The SMILES string of the molecule is Clc1ccc(OCCN2CCCCC2)c2ccccc12. The van der Waals surface area contributed by atoms with Gasteiger partial charge in [0.2, 0.25) is 0 Å². The zero-order valence-electron chi connectivity index (χ0n) is 11.6. The van der Waals surface area contributed by atoms with Crippen LogP contribution in [0, 0.1) is 0 Å². The van der Waals surface area contributed by atoms with Crippen LogP contribution in [0.4, 0.5) is 0 Å². The maximum absolute atomic E-state index is 6.22. The van der Waals surface area contributed by atoms with Gasteiger partial charge in [-0.15, -0.1) is 0 Å². The predicted molar refractivity (Wildman–Crippen MR) is 84.7 cm³/mol. The first-order valence-corrected chi connectivity index (χ1v) is 7.75. The fourth-order valence-corrected chi connectivity index (χ4v) is 3.06. The van der Waals surface area contributed by atoms with Crippen LogP contribution >= 0.6 is 11.6 Å². The van der Waals surface area contributed by atoms with E-state index in [9.17, 15) is 0 Å². The molecule has 0 amide bonds. The highest BCUT2D eigenvalue weighted by Crippen LogP contribution is 2.31. The second-order valence-corrected chi connectivity index (χ2v) is 5.75. The second-order valence-electron chi connectivity index (χ2n) is 5.34. The van der Waals surface area contributed by atoms with E-state index in [1.165, 1.54) is 32.4 Å². The van der Waals surface area contributed by atoms with Gasteiger partial charge in [0.15, 0.2) is 0 Å². The molecule has 2 aromatic carbocycles. The Balaban J connectivity index is 1.67. The third-order valence-electron chi connectivity index (χ3n) is 3.94. The number of ether oxygens (including phenoxy) is 1. The molecule has 1 aliphatic rings. The molecular formula is C17H20ClNO. The van der Waals surface area contributed by atoms with Gasteiger partial charge in [0.25, 0.3) is 0 Å². The topological polar surface area (TPSA) is 12.5 Å². The average molecular weight is 290 g/mol. The van der Waals surface area contributed by atoms with E-state index in [-0.39, 0.29) is 0 Å². The minimum absolute atomic E-state index is 0.742. The fourth-order valence-electron chi connectivity index (χ4n) is 2.83. The number of rotatable bonds is 4. The molecule has 1 fully saturated rings. The van der Waals surface area contributed by atoms with Crippen LogP contribution < -0.4 is 4.74 Å². The van der Waals surface area contributed by atoms with Crippen molar-refractivity contribution in [2.24, 2.45) is 0 Å². The van der Waals surface area contributed by atoms with Crippen molar-refractivity contribution in [3.05, 3.63) is 41.4 Å². The molecule has 0 spiro atoms. The van der Waals surface area contributed by atoms with Crippen molar-refractivity contribution in [1.29, 1.82) is 0 Å². The van der Waals surface area contributed by atoms with Crippen LogP contribution in [-0.4, -0.2) is 31.1 Å². The Labute approximate surface area is 125 Å². The molecule has 0 bridgehead atoms. The van der Waals surface area contributed by atoms with E-state index in [1.807, 2.05) is 30.3 Å². The van der Waals surface area contributed by atoms with Crippen molar-refractivity contribution in [2.75, 3.05) is 26.2 Å². The summed E-state index contributed by atoms with van der Waals surface area (Å²) in [6.45, 7) is 4.18. The number of nitrogens with zero attached hydrogens (tertiary/aromatic N) is 1. The van der Waals surface area contributed by atoms with E-state index >= 15 is 0 Å². The lowest BCUT2D eigenvalue weighted by molar-refractivity contribution is 0.184. The number of likely N-dealkylation sites (tertiary alicyclic amines) is 1. The molecule has 2 aromatic rings. The van der Waals surface area contributed by atoms with Crippen LogP contribution in [0.1, 0.15) is 19.3 Å². The monoisotopic (exact) mass is 289 g/mol. The molecule has 20 heavy (non-hydrogen) atoms. The highest BCUT2D eigenvalue weighted by molar-refractivity contribution is 6.35. The Morgan fingerprint density at radius 3 is 2.50 bits per heavy atom. The lowest BCUT2D eigenvalue weighted by atomic mass is 10.1. The molecule has 0 N–H and O–H groups in total. The first-order valence-electron chi connectivity index (χ1n) is 7.37. The molecule has 3 rings (SSSR count). The molecule has 1 aliphatic heterocycles.